The zero-order valence-corrected chi connectivity index (χ0v) is 13.0. The Labute approximate surface area is 133 Å². The molecule has 1 saturated heterocycles. The second-order valence-electron chi connectivity index (χ2n) is 4.96. The fraction of sp³-hybridized carbons (Fsp3) is 0.235. The Bertz CT molecular complexity index is 696. The summed E-state index contributed by atoms with van der Waals surface area (Å²) in [5.41, 5.74) is 1.49. The number of carbonyl (C=O) groups excluding carboxylic acids is 1. The van der Waals surface area contributed by atoms with E-state index in [0.717, 1.165) is 5.56 Å². The molecule has 2 atom stereocenters. The first-order valence-corrected chi connectivity index (χ1v) is 7.19. The van der Waals surface area contributed by atoms with Gasteiger partial charge in [-0.3, -0.25) is 4.79 Å². The van der Waals surface area contributed by atoms with Gasteiger partial charge >= 0.3 is 0 Å². The largest absolute Gasteiger partial charge is 0.493 e. The number of epoxide rings is 1. The Morgan fingerprint density at radius 2 is 1.73 bits per heavy atom. The summed E-state index contributed by atoms with van der Waals surface area (Å²) >= 11 is 5.83. The molecule has 0 N–H and O–H groups in total. The van der Waals surface area contributed by atoms with Crippen LogP contribution in [0.2, 0.25) is 5.02 Å². The van der Waals surface area contributed by atoms with E-state index in [4.69, 9.17) is 25.8 Å². The standard InChI is InChI=1S/C17H15ClO4/c1-20-13-8-5-11(9-14(13)21-2)16-17(22-16)15(19)10-3-6-12(18)7-4-10/h3-9,16-17H,1-2H3. The monoisotopic (exact) mass is 318 g/mol. The fourth-order valence-electron chi connectivity index (χ4n) is 2.37. The van der Waals surface area contributed by atoms with E-state index in [2.05, 4.69) is 0 Å². The van der Waals surface area contributed by atoms with Crippen LogP contribution in [0.25, 0.3) is 0 Å². The molecule has 114 valence electrons. The summed E-state index contributed by atoms with van der Waals surface area (Å²) in [7, 11) is 3.16. The highest BCUT2D eigenvalue weighted by molar-refractivity contribution is 6.30. The van der Waals surface area contributed by atoms with E-state index in [1.807, 2.05) is 12.1 Å². The van der Waals surface area contributed by atoms with Crippen LogP contribution in [0.1, 0.15) is 22.0 Å². The number of carbonyl (C=O) groups is 1. The molecule has 4 nitrogen and oxygen atoms in total. The Kier molecular flexibility index (Phi) is 4.05. The molecule has 2 aromatic rings. The maximum absolute atomic E-state index is 12.4. The Balaban J connectivity index is 1.76. The lowest BCUT2D eigenvalue weighted by molar-refractivity contribution is 0.0953. The van der Waals surface area contributed by atoms with Crippen LogP contribution >= 0.6 is 11.6 Å². The lowest BCUT2D eigenvalue weighted by Crippen LogP contribution is -2.08. The highest BCUT2D eigenvalue weighted by atomic mass is 35.5. The number of ether oxygens (including phenoxy) is 3. The topological polar surface area (TPSA) is 48.1 Å². The molecule has 0 saturated carbocycles. The van der Waals surface area contributed by atoms with Crippen molar-refractivity contribution in [2.45, 2.75) is 12.2 Å². The molecule has 0 amide bonds. The summed E-state index contributed by atoms with van der Waals surface area (Å²) in [5, 5.41) is 0.602. The first kappa shape index (κ1) is 14.9. The molecule has 1 aliphatic heterocycles. The molecule has 5 heteroatoms. The molecule has 0 aromatic heterocycles. The molecule has 22 heavy (non-hydrogen) atoms. The number of hydrogen-bond donors (Lipinski definition) is 0. The zero-order valence-electron chi connectivity index (χ0n) is 12.2. The van der Waals surface area contributed by atoms with Crippen LogP contribution in [-0.2, 0) is 4.74 Å². The van der Waals surface area contributed by atoms with E-state index in [9.17, 15) is 4.79 Å². The number of benzene rings is 2. The third kappa shape index (κ3) is 2.80. The van der Waals surface area contributed by atoms with E-state index in [1.165, 1.54) is 0 Å². The fourth-order valence-corrected chi connectivity index (χ4v) is 2.50. The number of rotatable bonds is 5. The molecular weight excluding hydrogens is 304 g/mol. The quantitative estimate of drug-likeness (QED) is 0.623. The van der Waals surface area contributed by atoms with E-state index in [1.54, 1.807) is 44.6 Å². The average Bonchev–Trinajstić information content (AvgIpc) is 3.35. The van der Waals surface area contributed by atoms with Gasteiger partial charge in [-0.1, -0.05) is 17.7 Å². The van der Waals surface area contributed by atoms with Crippen molar-refractivity contribution in [3.05, 3.63) is 58.6 Å². The van der Waals surface area contributed by atoms with Crippen LogP contribution in [0.15, 0.2) is 42.5 Å². The molecular formula is C17H15ClO4. The SMILES string of the molecule is COc1ccc(C2OC2C(=O)c2ccc(Cl)cc2)cc1OC. The molecule has 1 fully saturated rings. The molecule has 2 unspecified atom stereocenters. The van der Waals surface area contributed by atoms with Crippen molar-refractivity contribution >= 4 is 17.4 Å². The molecule has 1 heterocycles. The van der Waals surface area contributed by atoms with E-state index < -0.39 is 6.10 Å². The Morgan fingerprint density at radius 1 is 1.05 bits per heavy atom. The second-order valence-corrected chi connectivity index (χ2v) is 5.40. The van der Waals surface area contributed by atoms with Gasteiger partial charge in [0.2, 0.25) is 0 Å². The van der Waals surface area contributed by atoms with Crippen molar-refractivity contribution in [1.29, 1.82) is 0 Å². The Morgan fingerprint density at radius 3 is 2.36 bits per heavy atom. The van der Waals surface area contributed by atoms with Crippen molar-refractivity contribution in [3.63, 3.8) is 0 Å². The number of ketones is 1. The maximum atomic E-state index is 12.4. The van der Waals surface area contributed by atoms with Crippen LogP contribution in [0.3, 0.4) is 0 Å². The van der Waals surface area contributed by atoms with Gasteiger partial charge in [0.05, 0.1) is 14.2 Å². The second kappa shape index (κ2) is 5.99. The third-order valence-corrected chi connectivity index (χ3v) is 3.87. The van der Waals surface area contributed by atoms with Gasteiger partial charge in [-0.25, -0.2) is 0 Å². The van der Waals surface area contributed by atoms with Crippen molar-refractivity contribution in [3.8, 4) is 11.5 Å². The first-order valence-electron chi connectivity index (χ1n) is 6.81. The van der Waals surface area contributed by atoms with Crippen LogP contribution < -0.4 is 9.47 Å². The molecule has 2 aromatic carbocycles. The highest BCUT2D eigenvalue weighted by Crippen LogP contribution is 2.43. The van der Waals surface area contributed by atoms with Gasteiger partial charge < -0.3 is 14.2 Å². The number of methoxy groups -OCH3 is 2. The summed E-state index contributed by atoms with van der Waals surface area (Å²) in [4.78, 5) is 12.4. The average molecular weight is 319 g/mol. The summed E-state index contributed by atoms with van der Waals surface area (Å²) in [6.45, 7) is 0. The maximum Gasteiger partial charge on any atom is 0.194 e. The van der Waals surface area contributed by atoms with Gasteiger partial charge in [0, 0.05) is 10.6 Å². The molecule has 0 radical (unpaired) electrons. The van der Waals surface area contributed by atoms with Gasteiger partial charge in [0.1, 0.15) is 6.10 Å². The normalized spacial score (nSPS) is 19.6. The molecule has 0 aliphatic carbocycles. The van der Waals surface area contributed by atoms with Crippen LogP contribution in [0.4, 0.5) is 0 Å². The van der Waals surface area contributed by atoms with E-state index in [-0.39, 0.29) is 11.9 Å². The number of hydrogen-bond acceptors (Lipinski definition) is 4. The first-order chi connectivity index (χ1) is 10.6. The van der Waals surface area contributed by atoms with Crippen molar-refractivity contribution in [2.24, 2.45) is 0 Å². The molecule has 1 aliphatic rings. The van der Waals surface area contributed by atoms with Crippen molar-refractivity contribution in [2.75, 3.05) is 14.2 Å². The highest BCUT2D eigenvalue weighted by Gasteiger charge is 2.46. The van der Waals surface area contributed by atoms with Crippen molar-refractivity contribution < 1.29 is 19.0 Å². The van der Waals surface area contributed by atoms with Gasteiger partial charge in [0.15, 0.2) is 23.4 Å². The number of halogens is 1. The predicted molar refractivity (Wildman–Crippen MR) is 82.9 cm³/mol. The van der Waals surface area contributed by atoms with Gasteiger partial charge in [-0.2, -0.15) is 0 Å². The Hall–Kier alpha value is -2.04. The third-order valence-electron chi connectivity index (χ3n) is 3.61. The minimum Gasteiger partial charge on any atom is -0.493 e. The summed E-state index contributed by atoms with van der Waals surface area (Å²) < 4.78 is 16.0. The summed E-state index contributed by atoms with van der Waals surface area (Å²) in [6.07, 6.45) is -0.706. The lowest BCUT2D eigenvalue weighted by Gasteiger charge is -2.08. The van der Waals surface area contributed by atoms with Crippen LogP contribution in [0, 0.1) is 0 Å². The van der Waals surface area contributed by atoms with Crippen LogP contribution in [0.5, 0.6) is 11.5 Å². The minimum absolute atomic E-state index is 0.0450. The zero-order chi connectivity index (χ0) is 15.7. The van der Waals surface area contributed by atoms with Crippen LogP contribution in [-0.4, -0.2) is 26.1 Å². The molecule has 0 bridgehead atoms. The summed E-state index contributed by atoms with van der Waals surface area (Å²) in [6, 6.07) is 12.3. The smallest absolute Gasteiger partial charge is 0.194 e. The predicted octanol–water partition coefficient (Wildman–Crippen LogP) is 3.68. The van der Waals surface area contributed by atoms with Crippen molar-refractivity contribution in [1.82, 2.24) is 0 Å². The number of Topliss-reactive ketones (excluding diaryl/α,β-unsaturated/α-hetero) is 1. The van der Waals surface area contributed by atoms with Gasteiger partial charge in [0.25, 0.3) is 0 Å². The molecule has 3 rings (SSSR count). The molecule has 0 spiro atoms. The van der Waals surface area contributed by atoms with Gasteiger partial charge in [-0.05, 0) is 42.0 Å². The summed E-state index contributed by atoms with van der Waals surface area (Å²) in [5.74, 6) is 1.22. The lowest BCUT2D eigenvalue weighted by atomic mass is 10.0. The van der Waals surface area contributed by atoms with E-state index >= 15 is 0 Å². The van der Waals surface area contributed by atoms with E-state index in [0.29, 0.717) is 22.1 Å². The van der Waals surface area contributed by atoms with Gasteiger partial charge in [-0.15, -0.1) is 0 Å². The minimum atomic E-state index is -0.459.